The van der Waals surface area contributed by atoms with Crippen LogP contribution >= 0.6 is 0 Å². The van der Waals surface area contributed by atoms with E-state index in [0.29, 0.717) is 23.2 Å². The number of pyridine rings is 1. The number of nitrogens with one attached hydrogen (secondary N) is 1. The van der Waals surface area contributed by atoms with Crippen molar-refractivity contribution in [3.8, 4) is 0 Å². The smallest absolute Gasteiger partial charge is 0.258 e. The minimum absolute atomic E-state index is 0.0945. The minimum Gasteiger partial charge on any atom is -0.336 e. The fourth-order valence-electron chi connectivity index (χ4n) is 3.33. The Morgan fingerprint density at radius 3 is 3.05 bits per heavy atom. The van der Waals surface area contributed by atoms with Gasteiger partial charge in [-0.1, -0.05) is 17.3 Å². The fraction of sp³-hybridized carbons (Fsp3) is 0.400. The Morgan fingerprint density at radius 2 is 2.30 bits per heavy atom. The van der Waals surface area contributed by atoms with E-state index in [1.54, 1.807) is 6.20 Å². The van der Waals surface area contributed by atoms with Crippen molar-refractivity contribution >= 4 is 22.7 Å². The third kappa shape index (κ3) is 1.73. The van der Waals surface area contributed by atoms with E-state index in [1.807, 2.05) is 13.0 Å². The summed E-state index contributed by atoms with van der Waals surface area (Å²) in [6.07, 6.45) is 8.13. The van der Waals surface area contributed by atoms with Crippen molar-refractivity contribution in [1.29, 1.82) is 0 Å². The molecule has 2 aromatic heterocycles. The standard InChI is InChI=1S/C15H15N3O2/c1-8-12-6-11(7-16-15(12)20-18-8)17-14(19)13-5-9-2-3-10(13)4-9/h2-3,6-7,9-10,13H,4-5H2,1H3,(H,17,19)/t9-,10-,13-/m0/s1. The molecule has 1 amide bonds. The minimum atomic E-state index is 0.0945. The van der Waals surface area contributed by atoms with Gasteiger partial charge in [0.2, 0.25) is 5.91 Å². The summed E-state index contributed by atoms with van der Waals surface area (Å²) < 4.78 is 5.07. The third-order valence-electron chi connectivity index (χ3n) is 4.39. The molecule has 0 spiro atoms. The quantitative estimate of drug-likeness (QED) is 0.851. The summed E-state index contributed by atoms with van der Waals surface area (Å²) >= 11 is 0. The average Bonchev–Trinajstić information content (AvgIpc) is 3.15. The molecular formula is C15H15N3O2. The number of aryl methyl sites for hydroxylation is 1. The molecule has 3 atom stereocenters. The van der Waals surface area contributed by atoms with E-state index in [1.165, 1.54) is 0 Å². The van der Waals surface area contributed by atoms with Gasteiger partial charge in [-0.05, 0) is 37.7 Å². The number of carbonyl (C=O) groups is 1. The van der Waals surface area contributed by atoms with Gasteiger partial charge in [-0.25, -0.2) is 4.98 Å². The molecule has 0 aliphatic heterocycles. The number of hydrogen-bond donors (Lipinski definition) is 1. The zero-order valence-corrected chi connectivity index (χ0v) is 11.2. The summed E-state index contributed by atoms with van der Waals surface area (Å²) in [6, 6.07) is 1.87. The van der Waals surface area contributed by atoms with Gasteiger partial charge in [0.15, 0.2) is 0 Å². The van der Waals surface area contributed by atoms with E-state index in [0.717, 1.165) is 23.9 Å². The fourth-order valence-corrected chi connectivity index (χ4v) is 3.33. The Kier molecular flexibility index (Phi) is 2.42. The summed E-state index contributed by atoms with van der Waals surface area (Å²) in [7, 11) is 0. The first-order chi connectivity index (χ1) is 9.70. The van der Waals surface area contributed by atoms with Gasteiger partial charge in [-0.15, -0.1) is 0 Å². The maximum absolute atomic E-state index is 12.4. The van der Waals surface area contributed by atoms with Crippen molar-refractivity contribution in [2.75, 3.05) is 5.32 Å². The highest BCUT2D eigenvalue weighted by molar-refractivity contribution is 5.94. The van der Waals surface area contributed by atoms with Crippen LogP contribution in [0, 0.1) is 24.7 Å². The molecule has 2 aliphatic rings. The number of carbonyl (C=O) groups excluding carboxylic acids is 1. The lowest BCUT2D eigenvalue weighted by molar-refractivity contribution is -0.120. The lowest BCUT2D eigenvalue weighted by Gasteiger charge is -2.17. The molecule has 2 aromatic rings. The molecule has 0 radical (unpaired) electrons. The number of hydrogen-bond acceptors (Lipinski definition) is 4. The molecule has 2 bridgehead atoms. The number of anilines is 1. The maximum Gasteiger partial charge on any atom is 0.258 e. The van der Waals surface area contributed by atoms with Crippen molar-refractivity contribution in [3.05, 3.63) is 30.1 Å². The van der Waals surface area contributed by atoms with Crippen molar-refractivity contribution in [2.45, 2.75) is 19.8 Å². The molecule has 1 saturated carbocycles. The zero-order valence-electron chi connectivity index (χ0n) is 11.2. The van der Waals surface area contributed by atoms with Crippen molar-refractivity contribution in [3.63, 3.8) is 0 Å². The average molecular weight is 269 g/mol. The van der Waals surface area contributed by atoms with E-state index >= 15 is 0 Å². The Balaban J connectivity index is 1.56. The first-order valence-electron chi connectivity index (χ1n) is 6.92. The Bertz CT molecular complexity index is 719. The van der Waals surface area contributed by atoms with Crippen LogP contribution in [0.15, 0.2) is 28.9 Å². The maximum atomic E-state index is 12.4. The molecule has 1 fully saturated rings. The first-order valence-corrected chi connectivity index (χ1v) is 6.92. The van der Waals surface area contributed by atoms with Crippen LogP contribution in [0.25, 0.3) is 11.1 Å². The molecule has 2 heterocycles. The van der Waals surface area contributed by atoms with Gasteiger partial charge in [-0.3, -0.25) is 4.79 Å². The van der Waals surface area contributed by atoms with Crippen LogP contribution in [0.1, 0.15) is 18.5 Å². The van der Waals surface area contributed by atoms with Crippen LogP contribution in [-0.2, 0) is 4.79 Å². The lowest BCUT2D eigenvalue weighted by Crippen LogP contribution is -2.25. The number of aromatic nitrogens is 2. The van der Waals surface area contributed by atoms with Crippen LogP contribution < -0.4 is 5.32 Å². The molecule has 5 heteroatoms. The molecule has 5 nitrogen and oxygen atoms in total. The molecule has 102 valence electrons. The molecule has 20 heavy (non-hydrogen) atoms. The molecular weight excluding hydrogens is 254 g/mol. The van der Waals surface area contributed by atoms with Gasteiger partial charge in [0, 0.05) is 5.92 Å². The van der Waals surface area contributed by atoms with Crippen LogP contribution in [0.2, 0.25) is 0 Å². The zero-order chi connectivity index (χ0) is 13.7. The molecule has 0 saturated heterocycles. The molecule has 2 aliphatic carbocycles. The van der Waals surface area contributed by atoms with E-state index in [-0.39, 0.29) is 11.8 Å². The lowest BCUT2D eigenvalue weighted by atomic mass is 9.93. The molecule has 0 aromatic carbocycles. The van der Waals surface area contributed by atoms with Crippen molar-refractivity contribution in [2.24, 2.45) is 17.8 Å². The van der Waals surface area contributed by atoms with Gasteiger partial charge in [0.1, 0.15) is 0 Å². The third-order valence-corrected chi connectivity index (χ3v) is 4.39. The molecule has 1 N–H and O–H groups in total. The summed E-state index contributed by atoms with van der Waals surface area (Å²) in [5.41, 5.74) is 2.00. The summed E-state index contributed by atoms with van der Waals surface area (Å²) in [6.45, 7) is 1.86. The molecule has 4 rings (SSSR count). The Labute approximate surface area is 116 Å². The predicted octanol–water partition coefficient (Wildman–Crippen LogP) is 2.68. The van der Waals surface area contributed by atoms with Gasteiger partial charge < -0.3 is 9.84 Å². The Hall–Kier alpha value is -2.17. The van der Waals surface area contributed by atoms with E-state index in [2.05, 4.69) is 27.6 Å². The predicted molar refractivity (Wildman–Crippen MR) is 74.0 cm³/mol. The number of nitrogens with zero attached hydrogens (tertiary/aromatic N) is 2. The van der Waals surface area contributed by atoms with Crippen LogP contribution in [-0.4, -0.2) is 16.0 Å². The largest absolute Gasteiger partial charge is 0.336 e. The highest BCUT2D eigenvalue weighted by Crippen LogP contribution is 2.43. The number of amides is 1. The van der Waals surface area contributed by atoms with Gasteiger partial charge in [-0.2, -0.15) is 0 Å². The highest BCUT2D eigenvalue weighted by Gasteiger charge is 2.39. The second-order valence-corrected chi connectivity index (χ2v) is 5.72. The summed E-state index contributed by atoms with van der Waals surface area (Å²) in [5.74, 6) is 1.20. The van der Waals surface area contributed by atoms with Gasteiger partial charge >= 0.3 is 0 Å². The van der Waals surface area contributed by atoms with Crippen molar-refractivity contribution < 1.29 is 9.32 Å². The van der Waals surface area contributed by atoms with Crippen molar-refractivity contribution in [1.82, 2.24) is 10.1 Å². The van der Waals surface area contributed by atoms with Gasteiger partial charge in [0.25, 0.3) is 5.71 Å². The highest BCUT2D eigenvalue weighted by atomic mass is 16.5. The summed E-state index contributed by atoms with van der Waals surface area (Å²) in [4.78, 5) is 16.5. The normalized spacial score (nSPS) is 27.4. The number of fused-ring (bicyclic) bond motifs is 3. The van der Waals surface area contributed by atoms with Crippen LogP contribution in [0.3, 0.4) is 0 Å². The monoisotopic (exact) mass is 269 g/mol. The second-order valence-electron chi connectivity index (χ2n) is 5.72. The SMILES string of the molecule is Cc1noc2ncc(NC(=O)[C@H]3C[C@H]4C=C[C@H]3C4)cc12. The van der Waals surface area contributed by atoms with E-state index < -0.39 is 0 Å². The molecule has 0 unspecified atom stereocenters. The first kappa shape index (κ1) is 11.6. The number of allylic oxidation sites excluding steroid dienone is 2. The van der Waals surface area contributed by atoms with E-state index in [9.17, 15) is 4.79 Å². The Morgan fingerprint density at radius 1 is 1.40 bits per heavy atom. The topological polar surface area (TPSA) is 68.0 Å². The van der Waals surface area contributed by atoms with E-state index in [4.69, 9.17) is 4.52 Å². The van der Waals surface area contributed by atoms with Gasteiger partial charge in [0.05, 0.1) is 23.0 Å². The van der Waals surface area contributed by atoms with Crippen LogP contribution in [0.4, 0.5) is 5.69 Å². The number of rotatable bonds is 2. The second kappa shape index (κ2) is 4.16. The van der Waals surface area contributed by atoms with Crippen LogP contribution in [0.5, 0.6) is 0 Å². The summed E-state index contributed by atoms with van der Waals surface area (Å²) in [5, 5.41) is 7.68.